The number of rotatable bonds is 1. The van der Waals surface area contributed by atoms with E-state index < -0.39 is 5.97 Å². The van der Waals surface area contributed by atoms with Gasteiger partial charge in [-0.05, 0) is 12.1 Å². The summed E-state index contributed by atoms with van der Waals surface area (Å²) in [5.74, 6) is -0.879. The van der Waals surface area contributed by atoms with Crippen molar-refractivity contribution in [3.63, 3.8) is 0 Å². The van der Waals surface area contributed by atoms with Crippen LogP contribution in [0.5, 0.6) is 0 Å². The van der Waals surface area contributed by atoms with Crippen LogP contribution >= 0.6 is 0 Å². The van der Waals surface area contributed by atoms with E-state index in [0.29, 0.717) is 5.56 Å². The molecule has 5 heteroatoms. The minimum Gasteiger partial charge on any atom is -0.478 e. The van der Waals surface area contributed by atoms with Crippen molar-refractivity contribution >= 4 is 5.97 Å². The van der Waals surface area contributed by atoms with Crippen molar-refractivity contribution in [1.29, 1.82) is 0 Å². The van der Waals surface area contributed by atoms with Crippen LogP contribution in [-0.4, -0.2) is 22.0 Å². The van der Waals surface area contributed by atoms with Crippen LogP contribution in [0.4, 0.5) is 0 Å². The van der Waals surface area contributed by atoms with Gasteiger partial charge >= 0.3 is 5.97 Å². The largest absolute Gasteiger partial charge is 0.478 e. The molecule has 0 aliphatic carbocycles. The van der Waals surface area contributed by atoms with Gasteiger partial charge in [-0.3, -0.25) is 0 Å². The zero-order valence-electron chi connectivity index (χ0n) is 6.10. The van der Waals surface area contributed by atoms with E-state index in [4.69, 9.17) is 5.11 Å². The Bertz CT molecular complexity index is 212. The summed E-state index contributed by atoms with van der Waals surface area (Å²) in [4.78, 5) is 10.2. The second kappa shape index (κ2) is 8.23. The topological polar surface area (TPSA) is 100 Å². The third-order valence-electron chi connectivity index (χ3n) is 1.02. The van der Waals surface area contributed by atoms with E-state index in [2.05, 4.69) is 0 Å². The Morgan fingerprint density at radius 2 is 1.50 bits per heavy atom. The van der Waals surface area contributed by atoms with Gasteiger partial charge in [0.1, 0.15) is 0 Å². The molecule has 0 fully saturated rings. The maximum absolute atomic E-state index is 10.2. The Kier molecular flexibility index (Phi) is 11.8. The molecule has 0 amide bonds. The van der Waals surface area contributed by atoms with Gasteiger partial charge in [0.05, 0.1) is 5.56 Å². The smallest absolute Gasteiger partial charge is 0.335 e. The molecule has 0 bridgehead atoms. The van der Waals surface area contributed by atoms with Crippen LogP contribution in [-0.2, 0) is 17.1 Å². The molecule has 1 aromatic rings. The number of carboxylic acid groups (broad SMARTS) is 1. The molecule has 0 saturated heterocycles. The summed E-state index contributed by atoms with van der Waals surface area (Å²) in [7, 11) is 0. The molecule has 0 unspecified atom stereocenters. The van der Waals surface area contributed by atoms with Crippen molar-refractivity contribution in [3.8, 4) is 0 Å². The zero-order chi connectivity index (χ0) is 6.69. The summed E-state index contributed by atoms with van der Waals surface area (Å²) in [5, 5.41) is 8.38. The SMILES string of the molecule is O.O.O=C(O)c1ccccc1.[Fe]. The second-order valence-corrected chi connectivity index (χ2v) is 1.67. The minimum atomic E-state index is -0.879. The van der Waals surface area contributed by atoms with E-state index in [1.54, 1.807) is 30.3 Å². The summed E-state index contributed by atoms with van der Waals surface area (Å²) in [6.45, 7) is 0. The zero-order valence-corrected chi connectivity index (χ0v) is 7.20. The molecule has 0 atom stereocenters. The van der Waals surface area contributed by atoms with Crippen molar-refractivity contribution in [2.45, 2.75) is 0 Å². The molecule has 0 radical (unpaired) electrons. The number of benzene rings is 1. The molecule has 70 valence electrons. The fraction of sp³-hybridized carbons (Fsp3) is 0. The molecule has 4 nitrogen and oxygen atoms in total. The Hall–Kier alpha value is -0.871. The predicted molar refractivity (Wildman–Crippen MR) is 40.6 cm³/mol. The number of carbonyl (C=O) groups is 1. The molecule has 0 aromatic heterocycles. The van der Waals surface area contributed by atoms with Crippen LogP contribution in [0.1, 0.15) is 10.4 Å². The van der Waals surface area contributed by atoms with E-state index in [1.807, 2.05) is 0 Å². The first-order valence-electron chi connectivity index (χ1n) is 2.59. The van der Waals surface area contributed by atoms with Gasteiger partial charge in [-0.2, -0.15) is 0 Å². The van der Waals surface area contributed by atoms with E-state index >= 15 is 0 Å². The second-order valence-electron chi connectivity index (χ2n) is 1.67. The molecule has 12 heavy (non-hydrogen) atoms. The van der Waals surface area contributed by atoms with Crippen molar-refractivity contribution in [1.82, 2.24) is 0 Å². The van der Waals surface area contributed by atoms with Gasteiger partial charge < -0.3 is 16.1 Å². The summed E-state index contributed by atoms with van der Waals surface area (Å²) in [6.07, 6.45) is 0. The van der Waals surface area contributed by atoms with E-state index in [0.717, 1.165) is 0 Å². The number of hydrogen-bond donors (Lipinski definition) is 1. The maximum Gasteiger partial charge on any atom is 0.335 e. The van der Waals surface area contributed by atoms with Crippen LogP contribution in [0, 0.1) is 0 Å². The van der Waals surface area contributed by atoms with Crippen molar-refractivity contribution in [3.05, 3.63) is 35.9 Å². The third kappa shape index (κ3) is 4.87. The Morgan fingerprint density at radius 3 is 1.75 bits per heavy atom. The molecular weight excluding hydrogens is 204 g/mol. The van der Waals surface area contributed by atoms with Crippen molar-refractivity contribution in [2.24, 2.45) is 0 Å². The molecule has 1 aromatic carbocycles. The van der Waals surface area contributed by atoms with E-state index in [-0.39, 0.29) is 28.0 Å². The molecule has 0 heterocycles. The normalized spacial score (nSPS) is 6.67. The first-order valence-corrected chi connectivity index (χ1v) is 2.59. The van der Waals surface area contributed by atoms with Gasteiger partial charge in [-0.1, -0.05) is 18.2 Å². The minimum absolute atomic E-state index is 0. The van der Waals surface area contributed by atoms with Gasteiger partial charge in [0.15, 0.2) is 0 Å². The van der Waals surface area contributed by atoms with Crippen LogP contribution in [0.25, 0.3) is 0 Å². The van der Waals surface area contributed by atoms with Crippen LogP contribution in [0.2, 0.25) is 0 Å². The van der Waals surface area contributed by atoms with E-state index in [1.165, 1.54) is 0 Å². The molecule has 5 N–H and O–H groups in total. The molecular formula is C7H10FeO4. The fourth-order valence-electron chi connectivity index (χ4n) is 0.581. The van der Waals surface area contributed by atoms with Gasteiger partial charge in [0.25, 0.3) is 0 Å². The first-order chi connectivity index (χ1) is 4.30. The van der Waals surface area contributed by atoms with Gasteiger partial charge in [0.2, 0.25) is 0 Å². The molecule has 0 aliphatic rings. The number of carboxylic acids is 1. The van der Waals surface area contributed by atoms with Crippen LogP contribution in [0.15, 0.2) is 30.3 Å². The predicted octanol–water partition coefficient (Wildman–Crippen LogP) is -0.267. The van der Waals surface area contributed by atoms with Crippen molar-refractivity contribution in [2.75, 3.05) is 0 Å². The van der Waals surface area contributed by atoms with Gasteiger partial charge in [-0.15, -0.1) is 0 Å². The fourth-order valence-corrected chi connectivity index (χ4v) is 0.581. The van der Waals surface area contributed by atoms with E-state index in [9.17, 15) is 4.79 Å². The number of aromatic carboxylic acids is 1. The molecule has 0 spiro atoms. The number of hydrogen-bond acceptors (Lipinski definition) is 1. The molecule has 0 saturated carbocycles. The average Bonchev–Trinajstić information content (AvgIpc) is 1.90. The monoisotopic (exact) mass is 214 g/mol. The van der Waals surface area contributed by atoms with Gasteiger partial charge in [-0.25, -0.2) is 4.79 Å². The van der Waals surface area contributed by atoms with Crippen molar-refractivity contribution < 1.29 is 37.9 Å². The standard InChI is InChI=1S/C7H6O2.Fe.2H2O/c8-7(9)6-4-2-1-3-5-6;;;/h1-5H,(H,8,9);;2*1H2. The maximum atomic E-state index is 10.2. The summed E-state index contributed by atoms with van der Waals surface area (Å²) in [6, 6.07) is 8.30. The summed E-state index contributed by atoms with van der Waals surface area (Å²) >= 11 is 0. The van der Waals surface area contributed by atoms with Crippen LogP contribution < -0.4 is 0 Å². The first kappa shape index (κ1) is 17.3. The Balaban J connectivity index is -0.000000270. The van der Waals surface area contributed by atoms with Gasteiger partial charge in [0, 0.05) is 17.1 Å². The Labute approximate surface area is 80.3 Å². The summed E-state index contributed by atoms with van der Waals surface area (Å²) in [5.41, 5.74) is 0.331. The summed E-state index contributed by atoms with van der Waals surface area (Å²) < 4.78 is 0. The third-order valence-corrected chi connectivity index (χ3v) is 1.02. The molecule has 1 rings (SSSR count). The average molecular weight is 214 g/mol. The quantitative estimate of drug-likeness (QED) is 0.650. The Morgan fingerprint density at radius 1 is 1.08 bits per heavy atom. The van der Waals surface area contributed by atoms with Crippen LogP contribution in [0.3, 0.4) is 0 Å². The molecule has 0 aliphatic heterocycles.